The molecule has 0 aromatic heterocycles. The van der Waals surface area contributed by atoms with Crippen molar-refractivity contribution in [2.24, 2.45) is 0 Å². The van der Waals surface area contributed by atoms with E-state index in [4.69, 9.17) is 5.11 Å². The Morgan fingerprint density at radius 1 is 1.60 bits per heavy atom. The van der Waals surface area contributed by atoms with Gasteiger partial charge in [0.2, 0.25) is 6.41 Å². The predicted molar refractivity (Wildman–Crippen MR) is 77.6 cm³/mol. The first kappa shape index (κ1) is 16.4. The number of carboxylic acid groups (broad SMARTS) is 1. The summed E-state index contributed by atoms with van der Waals surface area (Å²) in [6.45, 7) is 0. The Morgan fingerprint density at radius 3 is 2.85 bits per heavy atom. The Morgan fingerprint density at radius 2 is 2.30 bits per heavy atom. The number of nitrogens with one attached hydrogen (secondary N) is 1. The third-order valence-electron chi connectivity index (χ3n) is 2.35. The fourth-order valence-electron chi connectivity index (χ4n) is 1.39. The van der Waals surface area contributed by atoms with Crippen LogP contribution in [0.2, 0.25) is 0 Å². The Labute approximate surface area is 127 Å². The van der Waals surface area contributed by atoms with Gasteiger partial charge in [-0.05, 0) is 6.07 Å². The van der Waals surface area contributed by atoms with Gasteiger partial charge in [-0.15, -0.1) is 0 Å². The maximum Gasteiger partial charge on any atom is 0.327 e. The highest BCUT2D eigenvalue weighted by molar-refractivity contribution is 9.10. The zero-order valence-electron chi connectivity index (χ0n) is 10.1. The van der Waals surface area contributed by atoms with Crippen LogP contribution in [0.1, 0.15) is 5.56 Å². The number of amides is 1. The Balaban J connectivity index is 2.68. The quantitative estimate of drug-likeness (QED) is 0.414. The summed E-state index contributed by atoms with van der Waals surface area (Å²) in [5.74, 6) is -0.732. The van der Waals surface area contributed by atoms with Crippen molar-refractivity contribution >= 4 is 45.8 Å². The molecule has 2 N–H and O–H groups in total. The van der Waals surface area contributed by atoms with Gasteiger partial charge in [0.1, 0.15) is 6.04 Å². The van der Waals surface area contributed by atoms with E-state index >= 15 is 0 Å². The highest BCUT2D eigenvalue weighted by atomic mass is 79.9. The van der Waals surface area contributed by atoms with Gasteiger partial charge in [-0.2, -0.15) is 11.8 Å². The van der Waals surface area contributed by atoms with E-state index in [1.54, 1.807) is 12.1 Å². The van der Waals surface area contributed by atoms with Crippen LogP contribution in [0.4, 0.5) is 5.69 Å². The van der Waals surface area contributed by atoms with Gasteiger partial charge in [-0.25, -0.2) is 4.79 Å². The molecule has 0 radical (unpaired) electrons. The first-order chi connectivity index (χ1) is 9.45. The monoisotopic (exact) mass is 362 g/mol. The summed E-state index contributed by atoms with van der Waals surface area (Å²) in [5, 5.41) is 21.9. The molecule has 0 spiro atoms. The van der Waals surface area contributed by atoms with Crippen molar-refractivity contribution in [3.63, 3.8) is 0 Å². The molecule has 0 aliphatic heterocycles. The molecule has 0 aliphatic rings. The summed E-state index contributed by atoms with van der Waals surface area (Å²) in [6, 6.07) is 3.68. The van der Waals surface area contributed by atoms with Gasteiger partial charge in [0.25, 0.3) is 5.69 Å². The maximum atomic E-state index is 10.9. The van der Waals surface area contributed by atoms with Crippen LogP contribution in [0.3, 0.4) is 0 Å². The van der Waals surface area contributed by atoms with Crippen molar-refractivity contribution in [3.8, 4) is 0 Å². The number of halogens is 1. The Bertz CT molecular complexity index is 526. The number of benzene rings is 1. The number of nitrogens with zero attached hydrogens (tertiary/aromatic N) is 1. The van der Waals surface area contributed by atoms with Gasteiger partial charge in [0, 0.05) is 27.6 Å². The van der Waals surface area contributed by atoms with Gasteiger partial charge in [0.05, 0.1) is 4.92 Å². The second-order valence-electron chi connectivity index (χ2n) is 3.72. The minimum absolute atomic E-state index is 0.0258. The van der Waals surface area contributed by atoms with E-state index in [9.17, 15) is 19.7 Å². The number of nitro benzene ring substituents is 1. The lowest BCUT2D eigenvalue weighted by atomic mass is 10.2. The van der Waals surface area contributed by atoms with Crippen LogP contribution >= 0.6 is 27.7 Å². The average Bonchev–Trinajstić information content (AvgIpc) is 2.38. The predicted octanol–water partition coefficient (Wildman–Crippen LogP) is 1.79. The summed E-state index contributed by atoms with van der Waals surface area (Å²) < 4.78 is 0.601. The number of hydrogen-bond donors (Lipinski definition) is 2. The van der Waals surface area contributed by atoms with Crippen molar-refractivity contribution in [2.45, 2.75) is 11.8 Å². The second kappa shape index (κ2) is 7.85. The van der Waals surface area contributed by atoms with E-state index in [0.717, 1.165) is 0 Å². The van der Waals surface area contributed by atoms with Crippen LogP contribution in [-0.4, -0.2) is 34.2 Å². The minimum Gasteiger partial charge on any atom is -0.480 e. The standard InChI is InChI=1S/C11H11BrN2O5S/c12-8-2-1-7(10(3-8)14(18)19)4-20-5-9(11(16)17)13-6-15/h1-3,6,9H,4-5H2,(H,13,15)(H,16,17). The highest BCUT2D eigenvalue weighted by Crippen LogP contribution is 2.27. The molecule has 1 rings (SSSR count). The number of hydrogen-bond acceptors (Lipinski definition) is 5. The van der Waals surface area contributed by atoms with Crippen LogP contribution in [0.25, 0.3) is 0 Å². The van der Waals surface area contributed by atoms with Gasteiger partial charge >= 0.3 is 5.97 Å². The lowest BCUT2D eigenvalue weighted by molar-refractivity contribution is -0.385. The van der Waals surface area contributed by atoms with Gasteiger partial charge < -0.3 is 10.4 Å². The van der Waals surface area contributed by atoms with Crippen LogP contribution in [-0.2, 0) is 15.3 Å². The number of carbonyl (C=O) groups is 2. The molecule has 1 aromatic rings. The topological polar surface area (TPSA) is 110 Å². The molecule has 1 atom stereocenters. The normalized spacial score (nSPS) is 11.7. The molecule has 7 nitrogen and oxygen atoms in total. The molecule has 1 amide bonds. The first-order valence-corrected chi connectivity index (χ1v) is 7.33. The van der Waals surface area contributed by atoms with Crippen molar-refractivity contribution in [1.29, 1.82) is 0 Å². The van der Waals surface area contributed by atoms with E-state index in [1.165, 1.54) is 17.8 Å². The van der Waals surface area contributed by atoms with E-state index in [2.05, 4.69) is 21.2 Å². The van der Waals surface area contributed by atoms with E-state index < -0.39 is 16.9 Å². The molecule has 0 bridgehead atoms. The smallest absolute Gasteiger partial charge is 0.327 e. The van der Waals surface area contributed by atoms with Crippen molar-refractivity contribution < 1.29 is 19.6 Å². The number of carboxylic acids is 1. The van der Waals surface area contributed by atoms with Crippen LogP contribution < -0.4 is 5.32 Å². The first-order valence-electron chi connectivity index (χ1n) is 5.38. The van der Waals surface area contributed by atoms with Crippen LogP contribution in [0.15, 0.2) is 22.7 Å². The van der Waals surface area contributed by atoms with Crippen molar-refractivity contribution in [2.75, 3.05) is 5.75 Å². The molecule has 20 heavy (non-hydrogen) atoms. The molecule has 0 fully saturated rings. The number of rotatable bonds is 8. The molecule has 108 valence electrons. The summed E-state index contributed by atoms with van der Waals surface area (Å²) in [4.78, 5) is 31.5. The highest BCUT2D eigenvalue weighted by Gasteiger charge is 2.18. The maximum absolute atomic E-state index is 10.9. The lowest BCUT2D eigenvalue weighted by Gasteiger charge is -2.10. The van der Waals surface area contributed by atoms with E-state index in [0.29, 0.717) is 16.4 Å². The third kappa shape index (κ3) is 4.82. The molecule has 0 heterocycles. The Kier molecular flexibility index (Phi) is 6.46. The second-order valence-corrected chi connectivity index (χ2v) is 5.67. The minimum atomic E-state index is -1.14. The van der Waals surface area contributed by atoms with Crippen molar-refractivity contribution in [3.05, 3.63) is 38.3 Å². The van der Waals surface area contributed by atoms with Crippen LogP contribution in [0.5, 0.6) is 0 Å². The van der Waals surface area contributed by atoms with Crippen molar-refractivity contribution in [1.82, 2.24) is 5.32 Å². The molecule has 0 aliphatic carbocycles. The number of thioether (sulfide) groups is 1. The van der Waals surface area contributed by atoms with Gasteiger partial charge in [-0.1, -0.05) is 22.0 Å². The number of carbonyl (C=O) groups excluding carboxylic acids is 1. The molecule has 1 unspecified atom stereocenters. The molecule has 0 saturated heterocycles. The summed E-state index contributed by atoms with van der Waals surface area (Å²) in [5.41, 5.74) is 0.473. The largest absolute Gasteiger partial charge is 0.480 e. The summed E-state index contributed by atoms with van der Waals surface area (Å²) in [6.07, 6.45) is 0.321. The van der Waals surface area contributed by atoms with E-state index in [1.807, 2.05) is 0 Å². The van der Waals surface area contributed by atoms with Gasteiger partial charge in [0.15, 0.2) is 0 Å². The summed E-state index contributed by atoms with van der Waals surface area (Å²) >= 11 is 4.36. The Hall–Kier alpha value is -1.61. The van der Waals surface area contributed by atoms with E-state index in [-0.39, 0.29) is 17.2 Å². The zero-order valence-corrected chi connectivity index (χ0v) is 12.5. The molecule has 9 heteroatoms. The lowest BCUT2D eigenvalue weighted by Crippen LogP contribution is -2.37. The fraction of sp³-hybridized carbons (Fsp3) is 0.273. The zero-order chi connectivity index (χ0) is 15.1. The van der Waals surface area contributed by atoms with Crippen LogP contribution in [0, 0.1) is 10.1 Å². The molecule has 0 saturated carbocycles. The van der Waals surface area contributed by atoms with Gasteiger partial charge in [-0.3, -0.25) is 14.9 Å². The number of nitro groups is 1. The summed E-state index contributed by atoms with van der Waals surface area (Å²) in [7, 11) is 0. The molecule has 1 aromatic carbocycles. The average molecular weight is 363 g/mol. The third-order valence-corrected chi connectivity index (χ3v) is 3.93. The SMILES string of the molecule is O=CNC(CSCc1ccc(Br)cc1[N+](=O)[O-])C(=O)O. The number of aliphatic carboxylic acids is 1. The molecular formula is C11H11BrN2O5S. The molecular weight excluding hydrogens is 352 g/mol. The fourth-order valence-corrected chi connectivity index (χ4v) is 2.79.